The summed E-state index contributed by atoms with van der Waals surface area (Å²) in [5, 5.41) is 9.31. The largest absolute Gasteiger partial charge is 0.383 e. The Morgan fingerprint density at radius 2 is 2.03 bits per heavy atom. The van der Waals surface area contributed by atoms with Gasteiger partial charge in [0.05, 0.1) is 12.7 Å². The van der Waals surface area contributed by atoms with E-state index in [4.69, 9.17) is 14.0 Å². The summed E-state index contributed by atoms with van der Waals surface area (Å²) in [5.74, 6) is -0.121. The Hall–Kier alpha value is -3.24. The fourth-order valence-corrected chi connectivity index (χ4v) is 4.04. The van der Waals surface area contributed by atoms with E-state index in [-0.39, 0.29) is 49.8 Å². The van der Waals surface area contributed by atoms with Crippen molar-refractivity contribution in [2.45, 2.75) is 51.7 Å². The van der Waals surface area contributed by atoms with Crippen LogP contribution in [0.4, 0.5) is 5.82 Å². The molecule has 1 aromatic carbocycles. The van der Waals surface area contributed by atoms with E-state index < -0.39 is 6.04 Å². The third kappa shape index (κ3) is 7.63. The van der Waals surface area contributed by atoms with E-state index in [0.717, 1.165) is 24.0 Å². The van der Waals surface area contributed by atoms with Gasteiger partial charge in [0.1, 0.15) is 11.8 Å². The van der Waals surface area contributed by atoms with Crippen LogP contribution in [0.15, 0.2) is 34.9 Å². The highest BCUT2D eigenvalue weighted by Crippen LogP contribution is 2.26. The van der Waals surface area contributed by atoms with Crippen LogP contribution in [0.2, 0.25) is 0 Å². The van der Waals surface area contributed by atoms with Crippen molar-refractivity contribution in [1.29, 1.82) is 0 Å². The number of aromatic nitrogens is 1. The van der Waals surface area contributed by atoms with Gasteiger partial charge in [-0.25, -0.2) is 0 Å². The first-order chi connectivity index (χ1) is 16.9. The second-order valence-electron chi connectivity index (χ2n) is 8.59. The first-order valence-corrected chi connectivity index (χ1v) is 11.9. The van der Waals surface area contributed by atoms with Crippen molar-refractivity contribution >= 4 is 23.5 Å². The van der Waals surface area contributed by atoms with Gasteiger partial charge in [0, 0.05) is 45.7 Å². The van der Waals surface area contributed by atoms with Crippen molar-refractivity contribution in [3.8, 4) is 0 Å². The Morgan fingerprint density at radius 1 is 1.23 bits per heavy atom. The van der Waals surface area contributed by atoms with Gasteiger partial charge >= 0.3 is 0 Å². The molecular formula is C25H34N4O6. The molecule has 1 aliphatic rings. The molecule has 0 unspecified atom stereocenters. The number of anilines is 1. The average molecular weight is 487 g/mol. The molecule has 0 aliphatic carbocycles. The molecule has 0 saturated carbocycles. The Balaban J connectivity index is 1.75. The number of aryl methyl sites for hydroxylation is 2. The Labute approximate surface area is 205 Å². The van der Waals surface area contributed by atoms with Crippen molar-refractivity contribution < 1.29 is 28.4 Å². The van der Waals surface area contributed by atoms with Crippen molar-refractivity contribution in [3.05, 3.63) is 47.2 Å². The summed E-state index contributed by atoms with van der Waals surface area (Å²) < 4.78 is 15.8. The van der Waals surface area contributed by atoms with Crippen LogP contribution < -0.4 is 10.6 Å². The Bertz CT molecular complexity index is 1000. The minimum Gasteiger partial charge on any atom is -0.383 e. The van der Waals surface area contributed by atoms with Crippen LogP contribution in [-0.4, -0.2) is 67.3 Å². The number of nitrogens with zero attached hydrogens (tertiary/aromatic N) is 2. The molecule has 190 valence electrons. The van der Waals surface area contributed by atoms with Crippen molar-refractivity contribution in [3.63, 3.8) is 0 Å². The SMILES string of the molecule is COCCN(C(=O)CCC(=O)Nc1cc(C)on1)[C@@H](C(=O)NC[C@H]1CCCO1)c1ccccc1C. The molecule has 3 rings (SSSR count). The highest BCUT2D eigenvalue weighted by Gasteiger charge is 2.33. The third-order valence-electron chi connectivity index (χ3n) is 5.89. The summed E-state index contributed by atoms with van der Waals surface area (Å²) in [6.07, 6.45) is 1.70. The number of methoxy groups -OCH3 is 1. The molecule has 2 atom stereocenters. The molecule has 0 spiro atoms. The molecule has 0 radical (unpaired) electrons. The lowest BCUT2D eigenvalue weighted by atomic mass is 9.98. The molecule has 2 heterocycles. The van der Waals surface area contributed by atoms with E-state index in [1.807, 2.05) is 31.2 Å². The Kier molecular flexibility index (Phi) is 9.80. The maximum atomic E-state index is 13.4. The fraction of sp³-hybridized carbons (Fsp3) is 0.520. The number of amides is 3. The molecule has 2 N–H and O–H groups in total. The first kappa shape index (κ1) is 26.4. The fourth-order valence-electron chi connectivity index (χ4n) is 4.04. The topological polar surface area (TPSA) is 123 Å². The lowest BCUT2D eigenvalue weighted by Gasteiger charge is -2.32. The molecule has 0 bridgehead atoms. The van der Waals surface area contributed by atoms with Crippen LogP contribution in [0.5, 0.6) is 0 Å². The molecule has 1 saturated heterocycles. The van der Waals surface area contributed by atoms with Crippen LogP contribution in [0.25, 0.3) is 0 Å². The third-order valence-corrected chi connectivity index (χ3v) is 5.89. The summed E-state index contributed by atoms with van der Waals surface area (Å²) in [6, 6.07) is 8.21. The van der Waals surface area contributed by atoms with Gasteiger partial charge in [-0.2, -0.15) is 0 Å². The number of ether oxygens (including phenoxy) is 2. The molecule has 10 nitrogen and oxygen atoms in total. The number of carbonyl (C=O) groups is 3. The maximum absolute atomic E-state index is 13.4. The predicted molar refractivity (Wildman–Crippen MR) is 129 cm³/mol. The van der Waals surface area contributed by atoms with Gasteiger partial charge in [0.2, 0.25) is 17.7 Å². The van der Waals surface area contributed by atoms with Crippen LogP contribution >= 0.6 is 0 Å². The number of carbonyl (C=O) groups excluding carboxylic acids is 3. The number of hydrogen-bond acceptors (Lipinski definition) is 7. The van der Waals surface area contributed by atoms with Crippen LogP contribution in [0, 0.1) is 13.8 Å². The molecule has 35 heavy (non-hydrogen) atoms. The standard InChI is InChI=1S/C25H34N4O6/c1-17-7-4-5-9-20(17)24(25(32)26-16-19-8-6-13-34-19)29(12-14-33-3)23(31)11-10-22(30)27-21-15-18(2)35-28-21/h4-5,7,9,15,19,24H,6,8,10-14,16H2,1-3H3,(H,26,32)(H,27,28,30)/t19-,24-/m1/s1. The first-order valence-electron chi connectivity index (χ1n) is 11.9. The monoisotopic (exact) mass is 486 g/mol. The highest BCUT2D eigenvalue weighted by atomic mass is 16.5. The van der Waals surface area contributed by atoms with Crippen LogP contribution in [-0.2, 0) is 23.9 Å². The lowest BCUT2D eigenvalue weighted by Crippen LogP contribution is -2.46. The van der Waals surface area contributed by atoms with E-state index in [1.54, 1.807) is 13.0 Å². The molecule has 10 heteroatoms. The van der Waals surface area contributed by atoms with E-state index in [9.17, 15) is 14.4 Å². The molecule has 3 amide bonds. The van der Waals surface area contributed by atoms with Gasteiger partial charge in [-0.1, -0.05) is 29.4 Å². The smallest absolute Gasteiger partial charge is 0.247 e. The van der Waals surface area contributed by atoms with Gasteiger partial charge in [-0.15, -0.1) is 0 Å². The van der Waals surface area contributed by atoms with Crippen molar-refractivity contribution in [1.82, 2.24) is 15.4 Å². The molecule has 1 aromatic heterocycles. The van der Waals surface area contributed by atoms with Gasteiger partial charge in [-0.3, -0.25) is 14.4 Å². The summed E-state index contributed by atoms with van der Waals surface area (Å²) >= 11 is 0. The normalized spacial score (nSPS) is 16.0. The van der Waals surface area contributed by atoms with Gasteiger partial charge < -0.3 is 29.5 Å². The second kappa shape index (κ2) is 13.0. The summed E-state index contributed by atoms with van der Waals surface area (Å²) in [4.78, 5) is 40.6. The molecule has 1 aliphatic heterocycles. The maximum Gasteiger partial charge on any atom is 0.247 e. The van der Waals surface area contributed by atoms with Crippen LogP contribution in [0.3, 0.4) is 0 Å². The van der Waals surface area contributed by atoms with E-state index in [2.05, 4.69) is 15.8 Å². The van der Waals surface area contributed by atoms with Crippen LogP contribution in [0.1, 0.15) is 48.6 Å². The Morgan fingerprint density at radius 3 is 2.69 bits per heavy atom. The summed E-state index contributed by atoms with van der Waals surface area (Å²) in [7, 11) is 1.54. The van der Waals surface area contributed by atoms with E-state index in [0.29, 0.717) is 24.7 Å². The van der Waals surface area contributed by atoms with Crippen molar-refractivity contribution in [2.24, 2.45) is 0 Å². The van der Waals surface area contributed by atoms with Gasteiger partial charge in [0.25, 0.3) is 0 Å². The quantitative estimate of drug-likeness (QED) is 0.473. The zero-order chi connectivity index (χ0) is 25.2. The summed E-state index contributed by atoms with van der Waals surface area (Å²) in [6.45, 7) is 5.14. The molecule has 2 aromatic rings. The minimum atomic E-state index is -0.860. The summed E-state index contributed by atoms with van der Waals surface area (Å²) in [5.41, 5.74) is 1.61. The number of benzene rings is 1. The highest BCUT2D eigenvalue weighted by molar-refractivity contribution is 5.94. The lowest BCUT2D eigenvalue weighted by molar-refractivity contribution is -0.142. The number of hydrogen-bond donors (Lipinski definition) is 2. The van der Waals surface area contributed by atoms with E-state index >= 15 is 0 Å². The predicted octanol–water partition coefficient (Wildman–Crippen LogP) is 2.52. The van der Waals surface area contributed by atoms with Gasteiger partial charge in [0.15, 0.2) is 5.82 Å². The number of rotatable bonds is 12. The number of nitrogens with one attached hydrogen (secondary N) is 2. The zero-order valence-corrected chi connectivity index (χ0v) is 20.5. The van der Waals surface area contributed by atoms with Gasteiger partial charge in [-0.05, 0) is 37.8 Å². The minimum absolute atomic E-state index is 0.0246. The van der Waals surface area contributed by atoms with Crippen molar-refractivity contribution in [2.75, 3.05) is 38.7 Å². The van der Waals surface area contributed by atoms with E-state index in [1.165, 1.54) is 12.0 Å². The molecule has 1 fully saturated rings. The second-order valence-corrected chi connectivity index (χ2v) is 8.59. The molecular weight excluding hydrogens is 452 g/mol. The zero-order valence-electron chi connectivity index (χ0n) is 20.5. The average Bonchev–Trinajstić information content (AvgIpc) is 3.51.